The molecule has 0 saturated heterocycles. The quantitative estimate of drug-likeness (QED) is 0.826. The topological polar surface area (TPSA) is 93.8 Å². The smallest absolute Gasteiger partial charge is 0.268 e. The van der Waals surface area contributed by atoms with Crippen molar-refractivity contribution in [3.05, 3.63) is 65.2 Å². The molecule has 0 bridgehead atoms. The van der Waals surface area contributed by atoms with Gasteiger partial charge in [0.1, 0.15) is 11.6 Å². The Morgan fingerprint density at radius 3 is 2.50 bits per heavy atom. The SMILES string of the molecule is CC(C)(C(N)=O)c1ccc(NC(=O)C2CC(c3cc(F)ccc3F)=NO2)cc1. The lowest BCUT2D eigenvalue weighted by Crippen LogP contribution is -2.35. The van der Waals surface area contributed by atoms with Crippen LogP contribution in [0.2, 0.25) is 0 Å². The van der Waals surface area contributed by atoms with Crippen molar-refractivity contribution in [1.29, 1.82) is 0 Å². The number of carbonyl (C=O) groups excluding carboxylic acids is 2. The summed E-state index contributed by atoms with van der Waals surface area (Å²) >= 11 is 0. The van der Waals surface area contributed by atoms with Gasteiger partial charge < -0.3 is 15.9 Å². The van der Waals surface area contributed by atoms with Gasteiger partial charge in [0.15, 0.2) is 0 Å². The van der Waals surface area contributed by atoms with Gasteiger partial charge in [0.05, 0.1) is 11.1 Å². The fourth-order valence-corrected chi connectivity index (χ4v) is 2.73. The van der Waals surface area contributed by atoms with Crippen molar-refractivity contribution in [3.63, 3.8) is 0 Å². The third kappa shape index (κ3) is 3.85. The normalized spacial score (nSPS) is 16.3. The molecule has 2 aromatic rings. The van der Waals surface area contributed by atoms with Crippen molar-refractivity contribution in [2.24, 2.45) is 10.9 Å². The van der Waals surface area contributed by atoms with E-state index in [2.05, 4.69) is 10.5 Å². The maximum absolute atomic E-state index is 13.9. The summed E-state index contributed by atoms with van der Waals surface area (Å²) in [5, 5.41) is 6.38. The molecule has 0 aliphatic carbocycles. The number of rotatable bonds is 5. The lowest BCUT2D eigenvalue weighted by atomic mass is 9.84. The molecule has 0 saturated carbocycles. The van der Waals surface area contributed by atoms with E-state index in [0.29, 0.717) is 11.3 Å². The van der Waals surface area contributed by atoms with E-state index in [9.17, 15) is 18.4 Å². The van der Waals surface area contributed by atoms with Crippen LogP contribution in [-0.4, -0.2) is 23.6 Å². The van der Waals surface area contributed by atoms with Gasteiger partial charge in [-0.3, -0.25) is 9.59 Å². The molecule has 2 aromatic carbocycles. The highest BCUT2D eigenvalue weighted by Gasteiger charge is 2.31. The molecule has 3 N–H and O–H groups in total. The van der Waals surface area contributed by atoms with Gasteiger partial charge in [0.2, 0.25) is 12.0 Å². The van der Waals surface area contributed by atoms with Gasteiger partial charge in [-0.1, -0.05) is 17.3 Å². The molecule has 1 heterocycles. The first-order chi connectivity index (χ1) is 13.2. The number of amides is 2. The molecule has 3 rings (SSSR count). The third-order valence-electron chi connectivity index (χ3n) is 4.69. The molecule has 28 heavy (non-hydrogen) atoms. The lowest BCUT2D eigenvalue weighted by molar-refractivity contribution is -0.125. The summed E-state index contributed by atoms with van der Waals surface area (Å²) in [5.74, 6) is -2.18. The Morgan fingerprint density at radius 1 is 1.18 bits per heavy atom. The second-order valence-electron chi connectivity index (χ2n) is 7.02. The van der Waals surface area contributed by atoms with Gasteiger partial charge >= 0.3 is 0 Å². The molecule has 1 aliphatic rings. The summed E-state index contributed by atoms with van der Waals surface area (Å²) in [7, 11) is 0. The third-order valence-corrected chi connectivity index (χ3v) is 4.69. The number of oxime groups is 1. The second-order valence-corrected chi connectivity index (χ2v) is 7.02. The van der Waals surface area contributed by atoms with Crippen LogP contribution in [0.1, 0.15) is 31.4 Å². The first kappa shape index (κ1) is 19.5. The van der Waals surface area contributed by atoms with E-state index in [-0.39, 0.29) is 17.7 Å². The molecule has 1 aliphatic heterocycles. The van der Waals surface area contributed by atoms with Gasteiger partial charge in [-0.25, -0.2) is 8.78 Å². The maximum atomic E-state index is 13.9. The Morgan fingerprint density at radius 2 is 1.86 bits per heavy atom. The van der Waals surface area contributed by atoms with Crippen molar-refractivity contribution in [1.82, 2.24) is 0 Å². The molecular formula is C20H19F2N3O3. The number of benzene rings is 2. The highest BCUT2D eigenvalue weighted by molar-refractivity contribution is 6.06. The number of nitrogens with two attached hydrogens (primary N) is 1. The minimum Gasteiger partial charge on any atom is -0.382 e. The highest BCUT2D eigenvalue weighted by atomic mass is 19.1. The van der Waals surface area contributed by atoms with E-state index in [1.807, 2.05) is 0 Å². The van der Waals surface area contributed by atoms with Gasteiger partial charge in [-0.05, 0) is 49.7 Å². The first-order valence-corrected chi connectivity index (χ1v) is 8.58. The average molecular weight is 387 g/mol. The number of primary amides is 1. The molecule has 146 valence electrons. The van der Waals surface area contributed by atoms with Crippen LogP contribution in [0.3, 0.4) is 0 Å². The molecule has 0 radical (unpaired) electrons. The molecule has 0 spiro atoms. The van der Waals surface area contributed by atoms with Crippen LogP contribution in [0, 0.1) is 11.6 Å². The number of carbonyl (C=O) groups is 2. The summed E-state index contributed by atoms with van der Waals surface area (Å²) in [6, 6.07) is 9.68. The Labute approximate surface area is 160 Å². The molecule has 2 amide bonds. The predicted octanol–water partition coefficient (Wildman–Crippen LogP) is 2.86. The predicted molar refractivity (Wildman–Crippen MR) is 99.7 cm³/mol. The molecular weight excluding hydrogens is 368 g/mol. The van der Waals surface area contributed by atoms with Crippen LogP contribution in [0.5, 0.6) is 0 Å². The Bertz CT molecular complexity index is 956. The number of nitrogens with zero attached hydrogens (tertiary/aromatic N) is 1. The van der Waals surface area contributed by atoms with Gasteiger partial charge in [0.25, 0.3) is 5.91 Å². The van der Waals surface area contributed by atoms with Crippen LogP contribution in [0.25, 0.3) is 0 Å². The van der Waals surface area contributed by atoms with Gasteiger partial charge in [-0.2, -0.15) is 0 Å². The van der Waals surface area contributed by atoms with E-state index in [0.717, 1.165) is 18.2 Å². The van der Waals surface area contributed by atoms with Crippen molar-refractivity contribution >= 4 is 23.2 Å². The number of hydrogen-bond acceptors (Lipinski definition) is 4. The van der Waals surface area contributed by atoms with Crippen LogP contribution in [0.4, 0.5) is 14.5 Å². The van der Waals surface area contributed by atoms with E-state index >= 15 is 0 Å². The Kier molecular flexibility index (Phi) is 5.13. The van der Waals surface area contributed by atoms with Crippen LogP contribution >= 0.6 is 0 Å². The van der Waals surface area contributed by atoms with Crippen molar-refractivity contribution in [3.8, 4) is 0 Å². The summed E-state index contributed by atoms with van der Waals surface area (Å²) in [4.78, 5) is 29.0. The van der Waals surface area contributed by atoms with Crippen LogP contribution in [-0.2, 0) is 19.8 Å². The van der Waals surface area contributed by atoms with Crippen molar-refractivity contribution < 1.29 is 23.2 Å². The summed E-state index contributed by atoms with van der Waals surface area (Å²) in [6.07, 6.45) is -0.946. The monoisotopic (exact) mass is 387 g/mol. The van der Waals surface area contributed by atoms with Crippen LogP contribution in [0.15, 0.2) is 47.6 Å². The molecule has 1 unspecified atom stereocenters. The fraction of sp³-hybridized carbons (Fsp3) is 0.250. The average Bonchev–Trinajstić information content (AvgIpc) is 3.14. The minimum atomic E-state index is -0.959. The number of anilines is 1. The number of nitrogens with one attached hydrogen (secondary N) is 1. The Balaban J connectivity index is 1.65. The minimum absolute atomic E-state index is 0.0129. The number of halogens is 2. The molecule has 6 nitrogen and oxygen atoms in total. The summed E-state index contributed by atoms with van der Waals surface area (Å²) in [5.41, 5.74) is 5.89. The highest BCUT2D eigenvalue weighted by Crippen LogP contribution is 2.25. The van der Waals surface area contributed by atoms with Crippen LogP contribution < -0.4 is 11.1 Å². The largest absolute Gasteiger partial charge is 0.382 e. The zero-order valence-corrected chi connectivity index (χ0v) is 15.3. The standard InChI is InChI=1S/C20H19F2N3O3/c1-20(2,19(23)27)11-3-6-13(7-4-11)24-18(26)17-10-16(25-28-17)14-9-12(21)5-8-15(14)22/h3-9,17H,10H2,1-2H3,(H2,23,27)(H,24,26). The summed E-state index contributed by atoms with van der Waals surface area (Å²) < 4.78 is 27.2. The van der Waals surface area contributed by atoms with E-state index in [1.165, 1.54) is 0 Å². The van der Waals surface area contributed by atoms with E-state index in [4.69, 9.17) is 10.6 Å². The fourth-order valence-electron chi connectivity index (χ4n) is 2.73. The zero-order valence-electron chi connectivity index (χ0n) is 15.3. The van der Waals surface area contributed by atoms with E-state index < -0.39 is 35.0 Å². The Hall–Kier alpha value is -3.29. The number of hydrogen-bond donors (Lipinski definition) is 2. The maximum Gasteiger partial charge on any atom is 0.268 e. The first-order valence-electron chi connectivity index (χ1n) is 8.58. The summed E-state index contributed by atoms with van der Waals surface area (Å²) in [6.45, 7) is 3.42. The van der Waals surface area contributed by atoms with Gasteiger partial charge in [-0.15, -0.1) is 0 Å². The van der Waals surface area contributed by atoms with Crippen molar-refractivity contribution in [2.75, 3.05) is 5.32 Å². The second kappa shape index (κ2) is 7.38. The lowest BCUT2D eigenvalue weighted by Gasteiger charge is -2.21. The molecule has 1 atom stereocenters. The molecule has 8 heteroatoms. The zero-order chi connectivity index (χ0) is 20.5. The molecule has 0 fully saturated rings. The van der Waals surface area contributed by atoms with Gasteiger partial charge in [0, 0.05) is 17.7 Å². The molecule has 0 aromatic heterocycles. The van der Waals surface area contributed by atoms with E-state index in [1.54, 1.807) is 38.1 Å². The van der Waals surface area contributed by atoms with Crippen molar-refractivity contribution in [2.45, 2.75) is 31.8 Å².